The van der Waals surface area contributed by atoms with Crippen LogP contribution in [0.2, 0.25) is 0 Å². The molecule has 8 nitrogen and oxygen atoms in total. The van der Waals surface area contributed by atoms with Crippen molar-refractivity contribution in [3.05, 3.63) is 42.0 Å². The van der Waals surface area contributed by atoms with Crippen molar-refractivity contribution < 1.29 is 24.2 Å². The van der Waals surface area contributed by atoms with Gasteiger partial charge in [0.1, 0.15) is 0 Å². The highest BCUT2D eigenvalue weighted by molar-refractivity contribution is 6.03. The van der Waals surface area contributed by atoms with Crippen molar-refractivity contribution in [2.45, 2.75) is 45.3 Å². The number of nitrogens with zero attached hydrogens (tertiary/aromatic N) is 2. The molecule has 2 atom stereocenters. The largest absolute Gasteiger partial charge is 0.465 e. The van der Waals surface area contributed by atoms with Crippen LogP contribution in [0.15, 0.2) is 36.4 Å². The number of rotatable bonds is 6. The lowest BCUT2D eigenvalue weighted by Gasteiger charge is -2.24. The molecular weight excluding hydrogens is 398 g/mol. The Hall–Kier alpha value is -2.87. The summed E-state index contributed by atoms with van der Waals surface area (Å²) in [6, 6.07) is 7.51. The van der Waals surface area contributed by atoms with E-state index in [1.807, 2.05) is 38.1 Å². The van der Waals surface area contributed by atoms with Gasteiger partial charge in [-0.15, -0.1) is 0 Å². The van der Waals surface area contributed by atoms with Crippen LogP contribution in [-0.2, 0) is 20.7 Å². The van der Waals surface area contributed by atoms with Crippen molar-refractivity contribution in [1.82, 2.24) is 10.2 Å². The fraction of sp³-hybridized carbons (Fsp3) is 0.522. The molecule has 2 N–H and O–H groups in total. The van der Waals surface area contributed by atoms with Crippen molar-refractivity contribution in [2.75, 3.05) is 31.1 Å². The van der Waals surface area contributed by atoms with Crippen LogP contribution in [0.25, 0.3) is 0 Å². The van der Waals surface area contributed by atoms with Gasteiger partial charge in [-0.1, -0.05) is 38.1 Å². The highest BCUT2D eigenvalue weighted by Crippen LogP contribution is 2.27. The average molecular weight is 430 g/mol. The van der Waals surface area contributed by atoms with Gasteiger partial charge in [-0.3, -0.25) is 9.59 Å². The topological polar surface area (TPSA) is 99.2 Å². The summed E-state index contributed by atoms with van der Waals surface area (Å²) < 4.78 is 5.58. The second-order valence-corrected chi connectivity index (χ2v) is 8.41. The van der Waals surface area contributed by atoms with E-state index >= 15 is 0 Å². The number of benzene rings is 1. The standard InChI is InChI=1S/C23H31N3O5/c1-16(2)14-18(24-22(28)20-15-25(23(29)30)11-5-13-31-20)8-9-21(27)26-12-10-17-6-3-4-7-19(17)26/h3-4,6-9,16,18,20H,5,10-15H2,1-2H3,(H,24,28)(H,29,30)/t18-,20+/m1/s1. The second kappa shape index (κ2) is 10.4. The molecule has 0 spiro atoms. The Balaban J connectivity index is 1.65. The first-order valence-electron chi connectivity index (χ1n) is 10.8. The Morgan fingerprint density at radius 1 is 1.26 bits per heavy atom. The van der Waals surface area contributed by atoms with E-state index in [2.05, 4.69) is 5.32 Å². The molecule has 0 radical (unpaired) electrons. The van der Waals surface area contributed by atoms with Gasteiger partial charge < -0.3 is 25.0 Å². The molecule has 2 aliphatic rings. The highest BCUT2D eigenvalue weighted by Gasteiger charge is 2.29. The molecule has 0 saturated carbocycles. The maximum Gasteiger partial charge on any atom is 0.407 e. The Kier molecular flexibility index (Phi) is 7.68. The third-order valence-corrected chi connectivity index (χ3v) is 5.52. The number of carbonyl (C=O) groups excluding carboxylic acids is 2. The first-order valence-corrected chi connectivity index (χ1v) is 10.8. The first kappa shape index (κ1) is 22.8. The molecule has 2 aliphatic heterocycles. The Labute approximate surface area is 182 Å². The quantitative estimate of drug-likeness (QED) is 0.677. The lowest BCUT2D eigenvalue weighted by Crippen LogP contribution is -2.47. The molecule has 3 amide bonds. The van der Waals surface area contributed by atoms with Crippen LogP contribution in [-0.4, -0.2) is 66.3 Å². The van der Waals surface area contributed by atoms with Crippen LogP contribution in [0.5, 0.6) is 0 Å². The summed E-state index contributed by atoms with van der Waals surface area (Å²) in [5.74, 6) is -0.179. The van der Waals surface area contributed by atoms with Gasteiger partial charge in [0.15, 0.2) is 6.10 Å². The van der Waals surface area contributed by atoms with Crippen molar-refractivity contribution in [3.63, 3.8) is 0 Å². The summed E-state index contributed by atoms with van der Waals surface area (Å²) in [6.45, 7) is 5.41. The van der Waals surface area contributed by atoms with E-state index in [-0.39, 0.29) is 24.4 Å². The zero-order valence-corrected chi connectivity index (χ0v) is 18.1. The van der Waals surface area contributed by atoms with E-state index < -0.39 is 12.2 Å². The van der Waals surface area contributed by atoms with Crippen LogP contribution in [0, 0.1) is 5.92 Å². The SMILES string of the molecule is CC(C)C[C@@H](C=CC(=O)N1CCc2ccccc21)NC(=O)[C@@H]1CN(C(=O)O)CCCO1. The summed E-state index contributed by atoms with van der Waals surface area (Å²) in [5.41, 5.74) is 2.09. The van der Waals surface area contributed by atoms with Crippen molar-refractivity contribution in [2.24, 2.45) is 5.92 Å². The van der Waals surface area contributed by atoms with E-state index in [0.717, 1.165) is 17.7 Å². The molecule has 2 heterocycles. The maximum atomic E-state index is 12.8. The van der Waals surface area contributed by atoms with Gasteiger partial charge in [0, 0.05) is 37.5 Å². The number of para-hydroxylation sites is 1. The fourth-order valence-electron chi connectivity index (χ4n) is 3.98. The summed E-state index contributed by atoms with van der Waals surface area (Å²) in [7, 11) is 0. The number of hydrogen-bond acceptors (Lipinski definition) is 4. The maximum absolute atomic E-state index is 12.8. The van der Waals surface area contributed by atoms with E-state index in [4.69, 9.17) is 4.74 Å². The van der Waals surface area contributed by atoms with Crippen molar-refractivity contribution >= 4 is 23.6 Å². The Morgan fingerprint density at radius 2 is 2.03 bits per heavy atom. The minimum absolute atomic E-state index is 0.00275. The van der Waals surface area contributed by atoms with Crippen LogP contribution in [0.1, 0.15) is 32.3 Å². The lowest BCUT2D eigenvalue weighted by molar-refractivity contribution is -0.133. The molecule has 0 aromatic heterocycles. The van der Waals surface area contributed by atoms with Crippen LogP contribution < -0.4 is 10.2 Å². The third kappa shape index (κ3) is 6.07. The van der Waals surface area contributed by atoms with Crippen LogP contribution >= 0.6 is 0 Å². The summed E-state index contributed by atoms with van der Waals surface area (Å²) >= 11 is 0. The molecule has 3 rings (SSSR count). The van der Waals surface area contributed by atoms with Gasteiger partial charge in [-0.25, -0.2) is 4.79 Å². The number of nitrogens with one attached hydrogen (secondary N) is 1. The number of hydrogen-bond donors (Lipinski definition) is 2. The molecule has 1 fully saturated rings. The van der Waals surface area contributed by atoms with E-state index in [0.29, 0.717) is 38.5 Å². The van der Waals surface area contributed by atoms with Gasteiger partial charge in [-0.2, -0.15) is 0 Å². The van der Waals surface area contributed by atoms with Gasteiger partial charge in [0.05, 0.1) is 6.54 Å². The average Bonchev–Trinajstić information content (AvgIpc) is 2.99. The number of carbonyl (C=O) groups is 3. The molecule has 31 heavy (non-hydrogen) atoms. The van der Waals surface area contributed by atoms with Gasteiger partial charge in [0.25, 0.3) is 11.8 Å². The highest BCUT2D eigenvalue weighted by atomic mass is 16.5. The zero-order valence-electron chi connectivity index (χ0n) is 18.1. The smallest absolute Gasteiger partial charge is 0.407 e. The second-order valence-electron chi connectivity index (χ2n) is 8.41. The number of ether oxygens (including phenoxy) is 1. The first-order chi connectivity index (χ1) is 14.8. The third-order valence-electron chi connectivity index (χ3n) is 5.52. The molecule has 0 unspecified atom stereocenters. The monoisotopic (exact) mass is 429 g/mol. The molecule has 8 heteroatoms. The number of amides is 3. The van der Waals surface area contributed by atoms with E-state index in [1.165, 1.54) is 11.0 Å². The predicted molar refractivity (Wildman–Crippen MR) is 117 cm³/mol. The van der Waals surface area contributed by atoms with E-state index in [9.17, 15) is 19.5 Å². The van der Waals surface area contributed by atoms with Gasteiger partial charge >= 0.3 is 6.09 Å². The molecule has 1 saturated heterocycles. The fourth-order valence-corrected chi connectivity index (χ4v) is 3.98. The Bertz CT molecular complexity index is 838. The number of anilines is 1. The molecule has 1 aromatic carbocycles. The number of fused-ring (bicyclic) bond motifs is 1. The molecule has 168 valence electrons. The van der Waals surface area contributed by atoms with Gasteiger partial charge in [0.2, 0.25) is 0 Å². The summed E-state index contributed by atoms with van der Waals surface area (Å²) in [5, 5.41) is 12.2. The van der Waals surface area contributed by atoms with Crippen molar-refractivity contribution in [1.29, 1.82) is 0 Å². The van der Waals surface area contributed by atoms with Crippen LogP contribution in [0.4, 0.5) is 10.5 Å². The minimum atomic E-state index is -1.06. The molecular formula is C23H31N3O5. The van der Waals surface area contributed by atoms with Crippen LogP contribution in [0.3, 0.4) is 0 Å². The molecule has 0 bridgehead atoms. The zero-order chi connectivity index (χ0) is 22.4. The normalized spacial score (nSPS) is 19.9. The van der Waals surface area contributed by atoms with E-state index in [1.54, 1.807) is 11.0 Å². The summed E-state index contributed by atoms with van der Waals surface area (Å²) in [4.78, 5) is 39.8. The van der Waals surface area contributed by atoms with Gasteiger partial charge in [-0.05, 0) is 36.8 Å². The molecule has 0 aliphatic carbocycles. The minimum Gasteiger partial charge on any atom is -0.465 e. The predicted octanol–water partition coefficient (Wildman–Crippen LogP) is 2.43. The Morgan fingerprint density at radius 3 is 2.77 bits per heavy atom. The summed E-state index contributed by atoms with van der Waals surface area (Å²) in [6.07, 6.45) is 3.38. The van der Waals surface area contributed by atoms with Crippen molar-refractivity contribution in [3.8, 4) is 0 Å². The number of carboxylic acid groups (broad SMARTS) is 1. The molecule has 1 aromatic rings. The lowest BCUT2D eigenvalue weighted by atomic mass is 10.0.